The monoisotopic (exact) mass is 791 g/mol. The highest BCUT2D eigenvalue weighted by atomic mass is 16.6. The van der Waals surface area contributed by atoms with Crippen molar-refractivity contribution in [3.63, 3.8) is 0 Å². The number of ether oxygens (including phenoxy) is 3. The van der Waals surface area contributed by atoms with E-state index in [4.69, 9.17) is 14.2 Å². The van der Waals surface area contributed by atoms with Crippen molar-refractivity contribution in [3.8, 4) is 22.6 Å². The van der Waals surface area contributed by atoms with Crippen LogP contribution in [0.2, 0.25) is 0 Å². The molecule has 1 saturated heterocycles. The van der Waals surface area contributed by atoms with Crippen molar-refractivity contribution in [2.45, 2.75) is 44.4 Å². The molecule has 1 aliphatic carbocycles. The number of aliphatic hydroxyl groups is 1. The summed E-state index contributed by atoms with van der Waals surface area (Å²) in [6.45, 7) is 4.65. The molecule has 4 atom stereocenters. The first-order valence-corrected chi connectivity index (χ1v) is 20.1. The van der Waals surface area contributed by atoms with Crippen LogP contribution in [-0.2, 0) is 32.0 Å². The lowest BCUT2D eigenvalue weighted by Gasteiger charge is -2.24. The number of phenolic OH excluding ortho intramolecular Hbond substituents is 1. The fourth-order valence-corrected chi connectivity index (χ4v) is 8.26. The molecule has 0 aromatic heterocycles. The number of fused-ring (bicyclic) bond motifs is 2. The van der Waals surface area contributed by atoms with Crippen molar-refractivity contribution in [1.29, 1.82) is 0 Å². The van der Waals surface area contributed by atoms with Gasteiger partial charge in [0.2, 0.25) is 5.91 Å². The quantitative estimate of drug-likeness (QED) is 0.0675. The number of aromatic hydroxyl groups is 1. The molecule has 13 heteroatoms. The van der Waals surface area contributed by atoms with Gasteiger partial charge in [-0.3, -0.25) is 19.8 Å². The minimum atomic E-state index is -0.938. The zero-order valence-corrected chi connectivity index (χ0v) is 32.9. The second kappa shape index (κ2) is 19.3. The van der Waals surface area contributed by atoms with Crippen molar-refractivity contribution < 1.29 is 38.8 Å². The summed E-state index contributed by atoms with van der Waals surface area (Å²) in [7, 11) is 1.74. The molecule has 1 saturated carbocycles. The summed E-state index contributed by atoms with van der Waals surface area (Å²) < 4.78 is 17.2. The number of benzene rings is 4. The minimum Gasteiger partial charge on any atom is -0.506 e. The fraction of sp³-hybridized carbons (Fsp3) is 0.400. The Morgan fingerprint density at radius 2 is 1.72 bits per heavy atom. The summed E-state index contributed by atoms with van der Waals surface area (Å²) in [5.41, 5.74) is 5.83. The molecule has 3 aliphatic rings. The molecule has 0 radical (unpaired) electrons. The average Bonchev–Trinajstić information content (AvgIpc) is 3.77. The van der Waals surface area contributed by atoms with E-state index < -0.39 is 12.2 Å². The Bertz CT molecular complexity index is 2030. The minimum absolute atomic E-state index is 0.0257. The molecule has 5 N–H and O–H groups in total. The zero-order valence-electron chi connectivity index (χ0n) is 32.9. The van der Waals surface area contributed by atoms with Gasteiger partial charge in [0.25, 0.3) is 5.91 Å². The summed E-state index contributed by atoms with van der Waals surface area (Å²) in [5, 5.41) is 29.5. The second-order valence-corrected chi connectivity index (χ2v) is 15.4. The van der Waals surface area contributed by atoms with Gasteiger partial charge in [0.1, 0.15) is 17.5 Å². The van der Waals surface area contributed by atoms with E-state index in [0.717, 1.165) is 55.7 Å². The van der Waals surface area contributed by atoms with Crippen molar-refractivity contribution in [1.82, 2.24) is 15.1 Å². The Morgan fingerprint density at radius 1 is 0.966 bits per heavy atom. The maximum absolute atomic E-state index is 12.9. The Labute approximate surface area is 339 Å². The Hall–Kier alpha value is -5.47. The fourth-order valence-electron chi connectivity index (χ4n) is 8.26. The van der Waals surface area contributed by atoms with Crippen LogP contribution in [-0.4, -0.2) is 104 Å². The molecule has 306 valence electrons. The van der Waals surface area contributed by atoms with E-state index in [1.807, 2.05) is 54.6 Å². The molecule has 4 aromatic rings. The highest BCUT2D eigenvalue weighted by Crippen LogP contribution is 2.42. The van der Waals surface area contributed by atoms with Crippen LogP contribution in [0.15, 0.2) is 91.0 Å². The number of nitrogens with one attached hydrogen (secondary N) is 3. The predicted octanol–water partition coefficient (Wildman–Crippen LogP) is 5.58. The number of aliphatic hydroxyl groups excluding tert-OH is 1. The third-order valence-electron chi connectivity index (χ3n) is 11.2. The molecule has 2 fully saturated rings. The maximum atomic E-state index is 12.9. The molecule has 4 aromatic carbocycles. The number of amides is 3. The van der Waals surface area contributed by atoms with Crippen molar-refractivity contribution >= 4 is 29.3 Å². The summed E-state index contributed by atoms with van der Waals surface area (Å²) in [6, 6.07) is 29.4. The summed E-state index contributed by atoms with van der Waals surface area (Å²) >= 11 is 0. The highest BCUT2D eigenvalue weighted by molar-refractivity contribution is 5.97. The average molecular weight is 792 g/mol. The number of carbonyl (C=O) groups is 3. The van der Waals surface area contributed by atoms with E-state index >= 15 is 0 Å². The van der Waals surface area contributed by atoms with Crippen LogP contribution < -0.4 is 20.7 Å². The standard InChI is InChI=1S/C45H53N5O8/c1-49(19-18-46-25-40(52)37-14-15-39(51)43-44(37)57-29-41(53)48-43)42(54)17-21-56-20-16-30-8-7-9-31(22-30)26-50-27-33-23-35(24-34(33)28-50)58-45(55)47-38-13-6-5-12-36(38)32-10-3-2-4-11-32/h2-15,22,33-35,40,46,51-52H,16-21,23-29H2,1H3,(H,47,55)(H,48,53)/t33-,34+,35+,40-/m0/s1. The van der Waals surface area contributed by atoms with E-state index in [0.29, 0.717) is 43.7 Å². The summed E-state index contributed by atoms with van der Waals surface area (Å²) in [6.07, 6.45) is 1.39. The third-order valence-corrected chi connectivity index (χ3v) is 11.2. The molecule has 2 aliphatic heterocycles. The number of likely N-dealkylation sites (N-methyl/N-ethyl adjacent to an activating group) is 1. The largest absolute Gasteiger partial charge is 0.506 e. The second-order valence-electron chi connectivity index (χ2n) is 15.4. The van der Waals surface area contributed by atoms with Crippen LogP contribution in [0.3, 0.4) is 0 Å². The number of rotatable bonds is 17. The van der Waals surface area contributed by atoms with E-state index in [2.05, 4.69) is 45.1 Å². The number of hydrogen-bond donors (Lipinski definition) is 5. The van der Waals surface area contributed by atoms with Gasteiger partial charge in [0.15, 0.2) is 12.4 Å². The van der Waals surface area contributed by atoms with Crippen LogP contribution in [0, 0.1) is 11.8 Å². The molecule has 3 amide bonds. The summed E-state index contributed by atoms with van der Waals surface area (Å²) in [4.78, 5) is 41.4. The van der Waals surface area contributed by atoms with Gasteiger partial charge in [-0.2, -0.15) is 0 Å². The Morgan fingerprint density at radius 3 is 2.53 bits per heavy atom. The van der Waals surface area contributed by atoms with E-state index in [9.17, 15) is 24.6 Å². The molecular weight excluding hydrogens is 739 g/mol. The SMILES string of the molecule is CN(CCNC[C@H](O)c1ccc(O)c2c1OCC(=O)N2)C(=O)CCOCCc1cccc(CN2C[C@H]3C[C@H](OC(=O)Nc4ccccc4-c4ccccc4)C[C@H]3C2)c1. The number of para-hydroxylation sites is 1. The number of phenols is 1. The number of hydrogen-bond acceptors (Lipinski definition) is 10. The van der Waals surface area contributed by atoms with Gasteiger partial charge in [-0.15, -0.1) is 0 Å². The molecular formula is C45H53N5O8. The van der Waals surface area contributed by atoms with Gasteiger partial charge >= 0.3 is 6.09 Å². The number of nitrogens with zero attached hydrogens (tertiary/aromatic N) is 2. The first-order valence-electron chi connectivity index (χ1n) is 20.1. The van der Waals surface area contributed by atoms with Crippen LogP contribution in [0.1, 0.15) is 42.1 Å². The van der Waals surface area contributed by atoms with Crippen LogP contribution in [0.25, 0.3) is 11.1 Å². The highest BCUT2D eigenvalue weighted by Gasteiger charge is 2.42. The molecule has 0 bridgehead atoms. The van der Waals surface area contributed by atoms with Gasteiger partial charge in [0.05, 0.1) is 31.4 Å². The Kier molecular flexibility index (Phi) is 13.6. The summed E-state index contributed by atoms with van der Waals surface area (Å²) in [5.74, 6) is 0.759. The molecule has 58 heavy (non-hydrogen) atoms. The smallest absolute Gasteiger partial charge is 0.411 e. The molecule has 0 unspecified atom stereocenters. The van der Waals surface area contributed by atoms with Crippen LogP contribution >= 0.6 is 0 Å². The maximum Gasteiger partial charge on any atom is 0.411 e. The van der Waals surface area contributed by atoms with Crippen molar-refractivity contribution in [2.75, 3.05) is 70.2 Å². The lowest BCUT2D eigenvalue weighted by molar-refractivity contribution is -0.131. The van der Waals surface area contributed by atoms with Gasteiger partial charge in [-0.05, 0) is 66.0 Å². The van der Waals surface area contributed by atoms with E-state index in [1.165, 1.54) is 17.2 Å². The van der Waals surface area contributed by atoms with E-state index in [-0.39, 0.29) is 54.7 Å². The molecule has 7 rings (SSSR count). The number of anilines is 2. The van der Waals surface area contributed by atoms with E-state index in [1.54, 1.807) is 18.0 Å². The topological polar surface area (TPSA) is 162 Å². The number of likely N-dealkylation sites (tertiary alicyclic amines) is 1. The Balaban J connectivity index is 0.756. The van der Waals surface area contributed by atoms with Gasteiger partial charge in [0, 0.05) is 57.4 Å². The van der Waals surface area contributed by atoms with Gasteiger partial charge < -0.3 is 40.0 Å². The normalized spacial score (nSPS) is 19.1. The molecule has 0 spiro atoms. The molecule has 2 heterocycles. The van der Waals surface area contributed by atoms with Gasteiger partial charge in [-0.1, -0.05) is 72.8 Å². The third kappa shape index (κ3) is 10.5. The van der Waals surface area contributed by atoms with Crippen molar-refractivity contribution in [2.24, 2.45) is 11.8 Å². The lowest BCUT2D eigenvalue weighted by Crippen LogP contribution is -2.35. The van der Waals surface area contributed by atoms with Gasteiger partial charge in [-0.25, -0.2) is 4.79 Å². The van der Waals surface area contributed by atoms with Crippen LogP contribution in [0.4, 0.5) is 16.2 Å². The predicted molar refractivity (Wildman–Crippen MR) is 221 cm³/mol. The number of carbonyl (C=O) groups excluding carboxylic acids is 3. The van der Waals surface area contributed by atoms with Crippen LogP contribution in [0.5, 0.6) is 11.5 Å². The van der Waals surface area contributed by atoms with Crippen molar-refractivity contribution in [3.05, 3.63) is 108 Å². The zero-order chi connectivity index (χ0) is 40.4. The molecule has 13 nitrogen and oxygen atoms in total. The first kappa shape index (κ1) is 40.7. The lowest BCUT2D eigenvalue weighted by atomic mass is 10.0. The first-order chi connectivity index (χ1) is 28.2.